The number of nitrogens with zero attached hydrogens (tertiary/aromatic N) is 2. The smallest absolute Gasteiger partial charge is 0.263 e. The summed E-state index contributed by atoms with van der Waals surface area (Å²) in [6.45, 7) is 9.43. The number of carbonyl (C=O) groups is 2. The first-order chi connectivity index (χ1) is 28.9. The highest BCUT2D eigenvalue weighted by Gasteiger charge is 2.42. The van der Waals surface area contributed by atoms with E-state index in [4.69, 9.17) is 0 Å². The molecule has 0 atom stereocenters. The topological polar surface area (TPSA) is 42.3 Å². The molecule has 0 radical (unpaired) electrons. The first kappa shape index (κ1) is 43.6. The number of hydrogen-bond acceptors (Lipinski definition) is 5. The van der Waals surface area contributed by atoms with Gasteiger partial charge in [0.2, 0.25) is 0 Å². The summed E-state index contributed by atoms with van der Waals surface area (Å²) in [6, 6.07) is 25.2. The average Bonchev–Trinajstić information content (AvgIpc) is 4.08. The molecule has 7 heteroatoms. The van der Waals surface area contributed by atoms with E-state index in [1.165, 1.54) is 146 Å². The Kier molecular flexibility index (Phi) is 15.7. The quantitative estimate of drug-likeness (QED) is 0.0425. The molecule has 6 aromatic rings. The lowest BCUT2D eigenvalue weighted by atomic mass is 9.99. The van der Waals surface area contributed by atoms with Gasteiger partial charge in [-0.1, -0.05) is 160 Å². The molecule has 1 aliphatic heterocycles. The number of unbranched alkanes of at least 4 members (excludes halogenated alkanes) is 15. The zero-order valence-corrected chi connectivity index (χ0v) is 38.7. The fourth-order valence-electron chi connectivity index (χ4n) is 9.24. The molecule has 7 rings (SSSR count). The number of thiophene rings is 3. The van der Waals surface area contributed by atoms with Gasteiger partial charge in [0.15, 0.2) is 0 Å². The Morgan fingerprint density at radius 3 is 1.64 bits per heavy atom. The van der Waals surface area contributed by atoms with Crippen LogP contribution in [-0.2, 0) is 0 Å². The molecule has 0 saturated heterocycles. The number of imide groups is 1. The van der Waals surface area contributed by atoms with Crippen LogP contribution >= 0.6 is 34.0 Å². The first-order valence-electron chi connectivity index (χ1n) is 23.2. The minimum atomic E-state index is -0.119. The van der Waals surface area contributed by atoms with E-state index in [1.807, 2.05) is 0 Å². The Hall–Kier alpha value is -3.52. The van der Waals surface area contributed by atoms with Crippen LogP contribution in [0.5, 0.6) is 0 Å². The third-order valence-electron chi connectivity index (χ3n) is 12.5. The van der Waals surface area contributed by atoms with E-state index < -0.39 is 0 Å². The number of para-hydroxylation sites is 1. The maximum atomic E-state index is 14.2. The van der Waals surface area contributed by atoms with Crippen molar-refractivity contribution in [1.29, 1.82) is 0 Å². The highest BCUT2D eigenvalue weighted by Crippen LogP contribution is 2.50. The summed E-state index contributed by atoms with van der Waals surface area (Å²) in [5.74, 6) is -0.236. The molecular weight excluding hydrogens is 781 g/mol. The van der Waals surface area contributed by atoms with Crippen molar-refractivity contribution in [1.82, 2.24) is 9.47 Å². The van der Waals surface area contributed by atoms with Crippen LogP contribution in [0.3, 0.4) is 0 Å². The standard InChI is InChI=1S/C52H66N2O2S3/c1-5-8-11-14-17-20-25-39(26-21-18-15-12-9-6-2)54-42-28-23-22-27-40(42)41-31-30-38(36-43(41)54)44-33-34-46(58-44)50-48-47(49(59-50)45-32-29-37(4)57-45)51(55)53(52(48)56)35-24-19-16-13-10-7-3/h22-23,27-34,36,39H,5-21,24-26,35H2,1-4H3. The molecule has 4 nitrogen and oxygen atoms in total. The van der Waals surface area contributed by atoms with Crippen LogP contribution in [0.15, 0.2) is 66.7 Å². The maximum Gasteiger partial charge on any atom is 0.263 e. The molecule has 4 aromatic heterocycles. The van der Waals surface area contributed by atoms with Crippen molar-refractivity contribution >= 4 is 67.6 Å². The number of aromatic nitrogens is 1. The Balaban J connectivity index is 1.20. The second-order valence-electron chi connectivity index (χ2n) is 17.0. The van der Waals surface area contributed by atoms with Gasteiger partial charge in [0.05, 0.1) is 26.4 Å². The molecule has 2 aromatic carbocycles. The predicted octanol–water partition coefficient (Wildman–Crippen LogP) is 17.3. The Bertz CT molecular complexity index is 2290. The lowest BCUT2D eigenvalue weighted by Crippen LogP contribution is -2.31. The van der Waals surface area contributed by atoms with Crippen LogP contribution in [0.25, 0.3) is 51.8 Å². The number of fused-ring (bicyclic) bond motifs is 4. The van der Waals surface area contributed by atoms with Crippen LogP contribution in [0, 0.1) is 6.92 Å². The van der Waals surface area contributed by atoms with E-state index in [1.54, 1.807) is 38.9 Å². The van der Waals surface area contributed by atoms with Crippen molar-refractivity contribution in [2.75, 3.05) is 6.54 Å². The van der Waals surface area contributed by atoms with E-state index in [0.29, 0.717) is 23.7 Å². The van der Waals surface area contributed by atoms with E-state index >= 15 is 0 Å². The molecule has 1 aliphatic rings. The number of amides is 2. The fourth-order valence-corrected chi connectivity index (χ4v) is 12.6. The average molecular weight is 847 g/mol. The van der Waals surface area contributed by atoms with Gasteiger partial charge in [0, 0.05) is 48.4 Å². The van der Waals surface area contributed by atoms with Crippen molar-refractivity contribution in [2.45, 2.75) is 162 Å². The van der Waals surface area contributed by atoms with E-state index in [-0.39, 0.29) is 11.8 Å². The molecular formula is C52H66N2O2S3. The normalized spacial score (nSPS) is 13.0. The molecule has 0 bridgehead atoms. The number of aryl methyl sites for hydroxylation is 1. The van der Waals surface area contributed by atoms with Gasteiger partial charge in [-0.05, 0) is 68.1 Å². The third kappa shape index (κ3) is 10.0. The summed E-state index contributed by atoms with van der Waals surface area (Å²) in [4.78, 5) is 36.3. The minimum absolute atomic E-state index is 0.117. The van der Waals surface area contributed by atoms with Gasteiger partial charge in [-0.2, -0.15) is 0 Å². The van der Waals surface area contributed by atoms with Gasteiger partial charge in [-0.25, -0.2) is 0 Å². The number of hydrogen-bond donors (Lipinski definition) is 0. The second-order valence-corrected chi connectivity index (χ2v) is 20.4. The van der Waals surface area contributed by atoms with Gasteiger partial charge >= 0.3 is 0 Å². The Labute approximate surface area is 366 Å². The third-order valence-corrected chi connectivity index (χ3v) is 16.2. The van der Waals surface area contributed by atoms with Crippen molar-refractivity contribution in [3.05, 3.63) is 82.7 Å². The highest BCUT2D eigenvalue weighted by atomic mass is 32.1. The zero-order chi connectivity index (χ0) is 41.1. The monoisotopic (exact) mass is 846 g/mol. The predicted molar refractivity (Wildman–Crippen MR) is 258 cm³/mol. The van der Waals surface area contributed by atoms with Crippen molar-refractivity contribution in [3.63, 3.8) is 0 Å². The zero-order valence-electron chi connectivity index (χ0n) is 36.2. The lowest BCUT2D eigenvalue weighted by Gasteiger charge is -2.22. The molecule has 2 amide bonds. The van der Waals surface area contributed by atoms with E-state index in [9.17, 15) is 9.59 Å². The van der Waals surface area contributed by atoms with Crippen LogP contribution in [0.1, 0.15) is 181 Å². The summed E-state index contributed by atoms with van der Waals surface area (Å²) in [6.07, 6.45) is 25.0. The molecule has 0 fully saturated rings. The van der Waals surface area contributed by atoms with Crippen molar-refractivity contribution < 1.29 is 9.59 Å². The first-order valence-corrected chi connectivity index (χ1v) is 25.6. The second kappa shape index (κ2) is 21.3. The van der Waals surface area contributed by atoms with Crippen LogP contribution < -0.4 is 0 Å². The summed E-state index contributed by atoms with van der Waals surface area (Å²) in [5, 5.41) is 2.68. The summed E-state index contributed by atoms with van der Waals surface area (Å²) in [7, 11) is 0. The number of carbonyl (C=O) groups excluding carboxylic acids is 2. The highest BCUT2D eigenvalue weighted by molar-refractivity contribution is 7.28. The van der Waals surface area contributed by atoms with Crippen LogP contribution in [0.4, 0.5) is 0 Å². The number of benzene rings is 2. The molecule has 5 heterocycles. The van der Waals surface area contributed by atoms with Gasteiger partial charge in [-0.3, -0.25) is 14.5 Å². The molecule has 0 N–H and O–H groups in total. The van der Waals surface area contributed by atoms with Crippen molar-refractivity contribution in [3.8, 4) is 29.9 Å². The fraction of sp³-hybridized carbons (Fsp3) is 0.500. The SMILES string of the molecule is CCCCCCCCC(CCCCCCCC)n1c2ccccc2c2ccc(-c3ccc(-c4sc(-c5ccc(C)s5)c5c4C(=O)N(CCCCCCCC)C5=O)s3)cc21. The van der Waals surface area contributed by atoms with E-state index in [0.717, 1.165) is 38.8 Å². The molecule has 0 unspecified atom stereocenters. The van der Waals surface area contributed by atoms with Gasteiger partial charge in [0.1, 0.15) is 0 Å². The van der Waals surface area contributed by atoms with Gasteiger partial charge < -0.3 is 4.57 Å². The van der Waals surface area contributed by atoms with E-state index in [2.05, 4.69) is 99.0 Å². The molecule has 314 valence electrons. The summed E-state index contributed by atoms with van der Waals surface area (Å²) in [5.41, 5.74) is 5.13. The summed E-state index contributed by atoms with van der Waals surface area (Å²) < 4.78 is 2.71. The Morgan fingerprint density at radius 2 is 1.03 bits per heavy atom. The lowest BCUT2D eigenvalue weighted by molar-refractivity contribution is 0.0652. The maximum absolute atomic E-state index is 14.2. The van der Waals surface area contributed by atoms with Gasteiger partial charge in [0.25, 0.3) is 11.8 Å². The molecule has 0 saturated carbocycles. The summed E-state index contributed by atoms with van der Waals surface area (Å²) >= 11 is 5.08. The molecule has 59 heavy (non-hydrogen) atoms. The Morgan fingerprint density at radius 1 is 0.508 bits per heavy atom. The largest absolute Gasteiger partial charge is 0.337 e. The van der Waals surface area contributed by atoms with Crippen molar-refractivity contribution in [2.24, 2.45) is 0 Å². The number of rotatable bonds is 25. The molecule has 0 aliphatic carbocycles. The van der Waals surface area contributed by atoms with Crippen LogP contribution in [-0.4, -0.2) is 27.8 Å². The van der Waals surface area contributed by atoms with Gasteiger partial charge in [-0.15, -0.1) is 34.0 Å². The minimum Gasteiger partial charge on any atom is -0.337 e. The van der Waals surface area contributed by atoms with Crippen LogP contribution in [0.2, 0.25) is 0 Å². The molecule has 0 spiro atoms.